The first-order valence-electron chi connectivity index (χ1n) is 9.46. The molecule has 6 heteroatoms. The minimum Gasteiger partial charge on any atom is -0.463 e. The molecule has 0 fully saturated rings. The number of hydrogen-bond acceptors (Lipinski definition) is 4. The third-order valence-corrected chi connectivity index (χ3v) is 4.55. The number of nitrogens with one attached hydrogen (secondary N) is 3. The van der Waals surface area contributed by atoms with Crippen molar-refractivity contribution in [1.82, 2.24) is 16.0 Å². The van der Waals surface area contributed by atoms with E-state index in [9.17, 15) is 9.59 Å². The van der Waals surface area contributed by atoms with Crippen molar-refractivity contribution in [2.75, 3.05) is 19.7 Å². The average molecular weight is 379 g/mol. The Hall–Kier alpha value is -3.12. The van der Waals surface area contributed by atoms with E-state index in [1.165, 1.54) is 0 Å². The summed E-state index contributed by atoms with van der Waals surface area (Å²) in [6.45, 7) is 3.14. The minimum absolute atomic E-state index is 0.296. The molecule has 0 atom stereocenters. The Morgan fingerprint density at radius 2 is 1.64 bits per heavy atom. The van der Waals surface area contributed by atoms with Crippen LogP contribution in [0.25, 0.3) is 0 Å². The van der Waals surface area contributed by atoms with Gasteiger partial charge >= 0.3 is 12.0 Å². The summed E-state index contributed by atoms with van der Waals surface area (Å²) in [5.41, 5.74) is 3.04. The number of rotatable bonds is 6. The molecule has 2 amide bonds. The second-order valence-electron chi connectivity index (χ2n) is 6.46. The van der Waals surface area contributed by atoms with Gasteiger partial charge in [-0.3, -0.25) is 0 Å². The van der Waals surface area contributed by atoms with Crippen molar-refractivity contribution in [2.24, 2.45) is 0 Å². The molecule has 0 unspecified atom stereocenters. The van der Waals surface area contributed by atoms with Gasteiger partial charge in [-0.15, -0.1) is 0 Å². The summed E-state index contributed by atoms with van der Waals surface area (Å²) in [7, 11) is 0. The Morgan fingerprint density at radius 3 is 2.21 bits per heavy atom. The Labute approximate surface area is 165 Å². The lowest BCUT2D eigenvalue weighted by atomic mass is 9.99. The largest absolute Gasteiger partial charge is 0.463 e. The highest BCUT2D eigenvalue weighted by Crippen LogP contribution is 2.22. The van der Waals surface area contributed by atoms with Crippen LogP contribution in [0, 0.1) is 0 Å². The average Bonchev–Trinajstić information content (AvgIpc) is 2.74. The van der Waals surface area contributed by atoms with Gasteiger partial charge in [-0.25, -0.2) is 9.59 Å². The molecule has 1 aliphatic heterocycles. The summed E-state index contributed by atoms with van der Waals surface area (Å²) in [4.78, 5) is 24.9. The predicted octanol–water partition coefficient (Wildman–Crippen LogP) is 2.89. The van der Waals surface area contributed by atoms with Crippen LogP contribution in [-0.4, -0.2) is 31.7 Å². The maximum absolute atomic E-state index is 12.8. The van der Waals surface area contributed by atoms with Crippen LogP contribution >= 0.6 is 0 Å². The van der Waals surface area contributed by atoms with Gasteiger partial charge in [-0.05, 0) is 18.1 Å². The first-order chi connectivity index (χ1) is 13.7. The van der Waals surface area contributed by atoms with Crippen LogP contribution in [0.2, 0.25) is 0 Å². The standard InChI is InChI=1S/C22H25N3O3/c1-2-28-21(26)18-15-23-14-13-19(18)24-22(27)25-20(16-9-5-3-6-10-16)17-11-7-4-8-12-17/h3-12,20,23H,2,13-15H2,1H3,(H2,24,25,27). The van der Waals surface area contributed by atoms with E-state index >= 15 is 0 Å². The van der Waals surface area contributed by atoms with Crippen LogP contribution in [0.4, 0.5) is 4.79 Å². The number of amides is 2. The van der Waals surface area contributed by atoms with E-state index < -0.39 is 5.97 Å². The zero-order chi connectivity index (χ0) is 19.8. The molecule has 0 radical (unpaired) electrons. The Bertz CT molecular complexity index is 795. The monoisotopic (exact) mass is 379 g/mol. The normalized spacial score (nSPS) is 13.9. The maximum atomic E-state index is 12.8. The molecular formula is C22H25N3O3. The quantitative estimate of drug-likeness (QED) is 0.675. The van der Waals surface area contributed by atoms with Gasteiger partial charge in [-0.1, -0.05) is 60.7 Å². The summed E-state index contributed by atoms with van der Waals surface area (Å²) in [5, 5.41) is 9.04. The first-order valence-corrected chi connectivity index (χ1v) is 9.46. The molecule has 0 spiro atoms. The van der Waals surface area contributed by atoms with Gasteiger partial charge in [-0.2, -0.15) is 0 Å². The van der Waals surface area contributed by atoms with E-state index in [4.69, 9.17) is 4.74 Å². The van der Waals surface area contributed by atoms with E-state index in [0.29, 0.717) is 37.4 Å². The van der Waals surface area contributed by atoms with Gasteiger partial charge < -0.3 is 20.7 Å². The van der Waals surface area contributed by atoms with Crippen molar-refractivity contribution >= 4 is 12.0 Å². The highest BCUT2D eigenvalue weighted by Gasteiger charge is 2.23. The summed E-state index contributed by atoms with van der Waals surface area (Å²) in [6.07, 6.45) is 0.558. The molecule has 3 rings (SSSR count). The van der Waals surface area contributed by atoms with Crippen LogP contribution in [0.15, 0.2) is 71.9 Å². The lowest BCUT2D eigenvalue weighted by Crippen LogP contribution is -2.42. The van der Waals surface area contributed by atoms with Crippen molar-refractivity contribution in [2.45, 2.75) is 19.4 Å². The van der Waals surface area contributed by atoms with Gasteiger partial charge in [0, 0.05) is 25.2 Å². The van der Waals surface area contributed by atoms with Crippen molar-refractivity contribution < 1.29 is 14.3 Å². The summed E-state index contributed by atoms with van der Waals surface area (Å²) in [6, 6.07) is 18.9. The minimum atomic E-state index is -0.396. The zero-order valence-electron chi connectivity index (χ0n) is 15.9. The molecular weight excluding hydrogens is 354 g/mol. The van der Waals surface area contributed by atoms with Gasteiger partial charge in [0.2, 0.25) is 0 Å². The number of esters is 1. The van der Waals surface area contributed by atoms with Crippen molar-refractivity contribution in [3.8, 4) is 0 Å². The van der Waals surface area contributed by atoms with Crippen LogP contribution in [0.5, 0.6) is 0 Å². The third-order valence-electron chi connectivity index (χ3n) is 4.55. The second-order valence-corrected chi connectivity index (χ2v) is 6.46. The highest BCUT2D eigenvalue weighted by molar-refractivity contribution is 5.91. The number of carbonyl (C=O) groups excluding carboxylic acids is 2. The maximum Gasteiger partial charge on any atom is 0.337 e. The molecule has 6 nitrogen and oxygen atoms in total. The second kappa shape index (κ2) is 9.71. The van der Waals surface area contributed by atoms with Gasteiger partial charge in [0.05, 0.1) is 18.2 Å². The van der Waals surface area contributed by atoms with Crippen molar-refractivity contribution in [3.05, 3.63) is 83.1 Å². The number of benzene rings is 2. The zero-order valence-corrected chi connectivity index (χ0v) is 15.9. The van der Waals surface area contributed by atoms with Crippen molar-refractivity contribution in [3.63, 3.8) is 0 Å². The first kappa shape index (κ1) is 19.6. The predicted molar refractivity (Wildman–Crippen MR) is 108 cm³/mol. The van der Waals surface area contributed by atoms with E-state index in [1.54, 1.807) is 6.92 Å². The number of carbonyl (C=O) groups is 2. The molecule has 2 aromatic carbocycles. The Kier molecular flexibility index (Phi) is 6.81. The molecule has 0 aliphatic carbocycles. The summed E-state index contributed by atoms with van der Waals surface area (Å²) in [5.74, 6) is -0.396. The Balaban J connectivity index is 1.79. The molecule has 0 aromatic heterocycles. The fourth-order valence-corrected chi connectivity index (χ4v) is 3.19. The molecule has 0 saturated heterocycles. The summed E-state index contributed by atoms with van der Waals surface area (Å²) >= 11 is 0. The van der Waals surface area contributed by atoms with Crippen LogP contribution in [0.1, 0.15) is 30.5 Å². The lowest BCUT2D eigenvalue weighted by molar-refractivity contribution is -0.138. The topological polar surface area (TPSA) is 79.5 Å². The van der Waals surface area contributed by atoms with Crippen molar-refractivity contribution in [1.29, 1.82) is 0 Å². The van der Waals surface area contributed by atoms with Gasteiger partial charge in [0.15, 0.2) is 0 Å². The van der Waals surface area contributed by atoms with E-state index in [0.717, 1.165) is 11.1 Å². The molecule has 1 heterocycles. The lowest BCUT2D eigenvalue weighted by Gasteiger charge is -2.24. The fraction of sp³-hybridized carbons (Fsp3) is 0.273. The molecule has 0 saturated carbocycles. The van der Waals surface area contributed by atoms with Gasteiger partial charge in [0.1, 0.15) is 0 Å². The molecule has 146 valence electrons. The molecule has 28 heavy (non-hydrogen) atoms. The third kappa shape index (κ3) is 4.98. The van der Waals surface area contributed by atoms with Gasteiger partial charge in [0.25, 0.3) is 0 Å². The SMILES string of the molecule is CCOC(=O)C1=C(NC(=O)NC(c2ccccc2)c2ccccc2)CCNC1. The number of urea groups is 1. The molecule has 3 N–H and O–H groups in total. The highest BCUT2D eigenvalue weighted by atomic mass is 16.5. The Morgan fingerprint density at radius 1 is 1.04 bits per heavy atom. The van der Waals surface area contributed by atoms with E-state index in [-0.39, 0.29) is 12.1 Å². The van der Waals surface area contributed by atoms with E-state index in [1.807, 2.05) is 60.7 Å². The summed E-state index contributed by atoms with van der Waals surface area (Å²) < 4.78 is 5.10. The number of hydrogen-bond donors (Lipinski definition) is 3. The van der Waals surface area contributed by atoms with Crippen LogP contribution < -0.4 is 16.0 Å². The molecule has 2 aromatic rings. The fourth-order valence-electron chi connectivity index (χ4n) is 3.19. The molecule has 1 aliphatic rings. The molecule has 0 bridgehead atoms. The van der Waals surface area contributed by atoms with E-state index in [2.05, 4.69) is 16.0 Å². The number of ether oxygens (including phenoxy) is 1. The van der Waals surface area contributed by atoms with Crippen LogP contribution in [-0.2, 0) is 9.53 Å². The van der Waals surface area contributed by atoms with Crippen LogP contribution in [0.3, 0.4) is 0 Å². The smallest absolute Gasteiger partial charge is 0.337 e.